The quantitative estimate of drug-likeness (QED) is 0.664. The number of esters is 1. The van der Waals surface area contributed by atoms with E-state index < -0.39 is 0 Å². The number of anilines is 2. The number of morpholine rings is 1. The van der Waals surface area contributed by atoms with E-state index in [9.17, 15) is 10.1 Å². The number of nitriles is 1. The Balaban J connectivity index is 1.72. The highest BCUT2D eigenvalue weighted by Gasteiger charge is 2.21. The molecule has 0 bridgehead atoms. The first-order chi connectivity index (χ1) is 14.5. The fourth-order valence-corrected chi connectivity index (χ4v) is 3.71. The standard InChI is InChI=1S/C22H22N6O2/c1-13-16(10-23)5-4-6-17(13)14(2)25-22-18-9-20(28-7-8-30-21(29)12-28)24-11-19(18)15(3)26-27-22/h4-6,9,11,14H,7-8,12H2,1-3H3,(H,25,27)/t14-/m1/s1. The van der Waals surface area contributed by atoms with Gasteiger partial charge < -0.3 is 15.0 Å². The number of ether oxygens (including phenoxy) is 1. The van der Waals surface area contributed by atoms with Crippen LogP contribution in [0.2, 0.25) is 0 Å². The van der Waals surface area contributed by atoms with Crippen LogP contribution in [-0.4, -0.2) is 40.8 Å². The van der Waals surface area contributed by atoms with Crippen LogP contribution in [0.1, 0.15) is 35.3 Å². The van der Waals surface area contributed by atoms with Crippen molar-refractivity contribution in [1.29, 1.82) is 5.26 Å². The molecule has 1 N–H and O–H groups in total. The highest BCUT2D eigenvalue weighted by Crippen LogP contribution is 2.30. The molecule has 1 aromatic carbocycles. The van der Waals surface area contributed by atoms with Gasteiger partial charge in [0.25, 0.3) is 0 Å². The van der Waals surface area contributed by atoms with Crippen LogP contribution in [0, 0.1) is 25.2 Å². The maximum absolute atomic E-state index is 11.7. The van der Waals surface area contributed by atoms with Crippen LogP contribution in [0.25, 0.3) is 10.8 Å². The molecule has 0 amide bonds. The zero-order valence-corrected chi connectivity index (χ0v) is 17.1. The van der Waals surface area contributed by atoms with Crippen molar-refractivity contribution < 1.29 is 9.53 Å². The molecule has 1 atom stereocenters. The number of benzene rings is 1. The number of aryl methyl sites for hydroxylation is 1. The Morgan fingerprint density at radius 3 is 2.87 bits per heavy atom. The number of hydrogen-bond acceptors (Lipinski definition) is 8. The van der Waals surface area contributed by atoms with Crippen molar-refractivity contribution in [2.75, 3.05) is 29.9 Å². The van der Waals surface area contributed by atoms with Gasteiger partial charge in [0.2, 0.25) is 0 Å². The SMILES string of the molecule is Cc1c(C#N)cccc1[C@@H](C)Nc1nnc(C)c2cnc(N3CCOC(=O)C3)cc12. The zero-order chi connectivity index (χ0) is 21.3. The number of rotatable bonds is 4. The molecule has 0 spiro atoms. The molecule has 4 rings (SSSR count). The summed E-state index contributed by atoms with van der Waals surface area (Å²) in [6.45, 7) is 6.99. The van der Waals surface area contributed by atoms with Crippen LogP contribution >= 0.6 is 0 Å². The summed E-state index contributed by atoms with van der Waals surface area (Å²) in [6.07, 6.45) is 1.77. The van der Waals surface area contributed by atoms with Gasteiger partial charge in [-0.3, -0.25) is 4.79 Å². The van der Waals surface area contributed by atoms with Crippen LogP contribution in [0.3, 0.4) is 0 Å². The second-order valence-electron chi connectivity index (χ2n) is 7.36. The lowest BCUT2D eigenvalue weighted by atomic mass is 9.98. The molecule has 1 fully saturated rings. The summed E-state index contributed by atoms with van der Waals surface area (Å²) in [5, 5.41) is 23.2. The lowest BCUT2D eigenvalue weighted by molar-refractivity contribution is -0.143. The van der Waals surface area contributed by atoms with Gasteiger partial charge in [-0.2, -0.15) is 10.4 Å². The summed E-state index contributed by atoms with van der Waals surface area (Å²) < 4.78 is 5.03. The van der Waals surface area contributed by atoms with Crippen LogP contribution < -0.4 is 10.2 Å². The van der Waals surface area contributed by atoms with E-state index in [1.54, 1.807) is 6.20 Å². The smallest absolute Gasteiger partial charge is 0.325 e. The molecule has 0 aliphatic carbocycles. The molecule has 3 heterocycles. The molecule has 8 nitrogen and oxygen atoms in total. The van der Waals surface area contributed by atoms with Crippen LogP contribution in [-0.2, 0) is 9.53 Å². The van der Waals surface area contributed by atoms with Gasteiger partial charge in [0.1, 0.15) is 19.0 Å². The predicted molar refractivity (Wildman–Crippen MR) is 113 cm³/mol. The molecular formula is C22H22N6O2. The molecule has 3 aromatic rings. The van der Waals surface area contributed by atoms with Gasteiger partial charge in [0, 0.05) is 17.0 Å². The van der Waals surface area contributed by atoms with Crippen molar-refractivity contribution in [3.63, 3.8) is 0 Å². The topological polar surface area (TPSA) is 104 Å². The van der Waals surface area contributed by atoms with Gasteiger partial charge in [-0.05, 0) is 44.0 Å². The summed E-state index contributed by atoms with van der Waals surface area (Å²) >= 11 is 0. The normalized spacial score (nSPS) is 14.9. The second-order valence-corrected chi connectivity index (χ2v) is 7.36. The molecular weight excluding hydrogens is 380 g/mol. The number of hydrogen-bond donors (Lipinski definition) is 1. The Kier molecular flexibility index (Phi) is 5.19. The number of aromatic nitrogens is 3. The Bertz CT molecular complexity index is 1170. The molecule has 0 radical (unpaired) electrons. The van der Waals surface area contributed by atoms with Crippen molar-refractivity contribution in [3.05, 3.63) is 52.8 Å². The number of cyclic esters (lactones) is 1. The number of nitrogens with zero attached hydrogens (tertiary/aromatic N) is 5. The minimum absolute atomic E-state index is 0.0833. The molecule has 30 heavy (non-hydrogen) atoms. The molecule has 0 saturated carbocycles. The van der Waals surface area contributed by atoms with E-state index in [-0.39, 0.29) is 18.6 Å². The Labute approximate surface area is 174 Å². The lowest BCUT2D eigenvalue weighted by Gasteiger charge is -2.27. The first-order valence-electron chi connectivity index (χ1n) is 9.77. The zero-order valence-electron chi connectivity index (χ0n) is 17.1. The summed E-state index contributed by atoms with van der Waals surface area (Å²) in [5.74, 6) is 1.07. The van der Waals surface area contributed by atoms with Crippen LogP contribution in [0.4, 0.5) is 11.6 Å². The highest BCUT2D eigenvalue weighted by molar-refractivity contribution is 5.94. The fourth-order valence-electron chi connectivity index (χ4n) is 3.71. The molecule has 1 aliphatic heterocycles. The lowest BCUT2D eigenvalue weighted by Crippen LogP contribution is -2.40. The number of carbonyl (C=O) groups is 1. The van der Waals surface area contributed by atoms with Crippen molar-refractivity contribution in [2.24, 2.45) is 0 Å². The number of nitrogens with one attached hydrogen (secondary N) is 1. The van der Waals surface area contributed by atoms with E-state index in [1.807, 2.05) is 49.9 Å². The molecule has 0 unspecified atom stereocenters. The molecule has 1 saturated heterocycles. The van der Waals surface area contributed by atoms with E-state index in [0.717, 1.165) is 27.6 Å². The van der Waals surface area contributed by atoms with E-state index >= 15 is 0 Å². The van der Waals surface area contributed by atoms with Gasteiger partial charge in [-0.25, -0.2) is 4.98 Å². The number of carbonyl (C=O) groups excluding carboxylic acids is 1. The van der Waals surface area contributed by atoms with Gasteiger partial charge in [0.05, 0.1) is 29.9 Å². The van der Waals surface area contributed by atoms with Crippen LogP contribution in [0.15, 0.2) is 30.5 Å². The van der Waals surface area contributed by atoms with Crippen molar-refractivity contribution >= 4 is 28.4 Å². The van der Waals surface area contributed by atoms with Gasteiger partial charge >= 0.3 is 5.97 Å². The van der Waals surface area contributed by atoms with E-state index in [0.29, 0.717) is 30.4 Å². The van der Waals surface area contributed by atoms with Crippen molar-refractivity contribution in [2.45, 2.75) is 26.8 Å². The maximum Gasteiger partial charge on any atom is 0.325 e. The third-order valence-electron chi connectivity index (χ3n) is 5.42. The van der Waals surface area contributed by atoms with Crippen molar-refractivity contribution in [3.8, 4) is 6.07 Å². The predicted octanol–water partition coefficient (Wildman–Crippen LogP) is 3.05. The minimum Gasteiger partial charge on any atom is -0.462 e. The Morgan fingerprint density at radius 1 is 1.27 bits per heavy atom. The van der Waals surface area contributed by atoms with E-state index in [2.05, 4.69) is 26.6 Å². The van der Waals surface area contributed by atoms with E-state index in [4.69, 9.17) is 4.74 Å². The molecule has 1 aliphatic rings. The molecule has 2 aromatic heterocycles. The molecule has 8 heteroatoms. The summed E-state index contributed by atoms with van der Waals surface area (Å²) in [4.78, 5) is 18.1. The first kappa shape index (κ1) is 19.6. The summed E-state index contributed by atoms with van der Waals surface area (Å²) in [5.41, 5.74) is 3.41. The highest BCUT2D eigenvalue weighted by atomic mass is 16.5. The number of fused-ring (bicyclic) bond motifs is 1. The largest absolute Gasteiger partial charge is 0.462 e. The molecule has 152 valence electrons. The third-order valence-corrected chi connectivity index (χ3v) is 5.42. The Hall–Kier alpha value is -3.73. The van der Waals surface area contributed by atoms with Gasteiger partial charge in [-0.15, -0.1) is 5.10 Å². The van der Waals surface area contributed by atoms with Gasteiger partial charge in [-0.1, -0.05) is 12.1 Å². The third kappa shape index (κ3) is 3.62. The van der Waals surface area contributed by atoms with Crippen LogP contribution in [0.5, 0.6) is 0 Å². The Morgan fingerprint density at radius 2 is 2.10 bits per heavy atom. The summed E-state index contributed by atoms with van der Waals surface area (Å²) in [7, 11) is 0. The van der Waals surface area contributed by atoms with E-state index in [1.165, 1.54) is 0 Å². The average molecular weight is 402 g/mol. The number of pyridine rings is 1. The summed E-state index contributed by atoms with van der Waals surface area (Å²) in [6, 6.07) is 9.78. The monoisotopic (exact) mass is 402 g/mol. The van der Waals surface area contributed by atoms with Crippen molar-refractivity contribution in [1.82, 2.24) is 15.2 Å². The minimum atomic E-state index is -0.257. The maximum atomic E-state index is 11.7. The fraction of sp³-hybridized carbons (Fsp3) is 0.318. The first-order valence-corrected chi connectivity index (χ1v) is 9.77. The second kappa shape index (κ2) is 7.95. The average Bonchev–Trinajstić information content (AvgIpc) is 2.75. The van der Waals surface area contributed by atoms with Gasteiger partial charge in [0.15, 0.2) is 5.82 Å².